The highest BCUT2D eigenvalue weighted by Gasteiger charge is 2.17. The Kier molecular flexibility index (Phi) is 5.83. The zero-order chi connectivity index (χ0) is 19.4. The Morgan fingerprint density at radius 2 is 1.89 bits per heavy atom. The van der Waals surface area contributed by atoms with Gasteiger partial charge < -0.3 is 9.72 Å². The van der Waals surface area contributed by atoms with Gasteiger partial charge in [0.2, 0.25) is 21.3 Å². The zero-order valence-electron chi connectivity index (χ0n) is 13.6. The van der Waals surface area contributed by atoms with Gasteiger partial charge in [-0.25, -0.2) is 13.4 Å². The van der Waals surface area contributed by atoms with Crippen LogP contribution in [0.5, 0.6) is 11.6 Å². The van der Waals surface area contributed by atoms with Gasteiger partial charge in [0, 0.05) is 12.4 Å². The molecule has 7 nitrogen and oxygen atoms in total. The fraction of sp³-hybridized carbons (Fsp3) is 0.0588. The van der Waals surface area contributed by atoms with Crippen LogP contribution in [0.2, 0.25) is 5.02 Å². The van der Waals surface area contributed by atoms with Crippen LogP contribution in [0.4, 0.5) is 5.69 Å². The van der Waals surface area contributed by atoms with E-state index >= 15 is 0 Å². The lowest BCUT2D eigenvalue weighted by Crippen LogP contribution is -2.21. The molecule has 0 aliphatic rings. The number of para-hydroxylation sites is 1. The fourth-order valence-electron chi connectivity index (χ4n) is 2.15. The van der Waals surface area contributed by atoms with Crippen molar-refractivity contribution >= 4 is 43.2 Å². The number of halogens is 2. The number of nitrogens with one attached hydrogen (secondary N) is 2. The molecule has 0 unspecified atom stereocenters. The molecule has 3 aromatic rings. The maximum Gasteiger partial charge on any atom is 0.238 e. The van der Waals surface area contributed by atoms with Crippen LogP contribution in [0.15, 0.2) is 64.1 Å². The topological polar surface area (TPSA) is 101 Å². The van der Waals surface area contributed by atoms with Crippen molar-refractivity contribution in [2.75, 3.05) is 4.72 Å². The van der Waals surface area contributed by atoms with Gasteiger partial charge in [-0.3, -0.25) is 9.52 Å². The maximum absolute atomic E-state index is 12.4. The molecule has 0 aliphatic heterocycles. The third kappa shape index (κ3) is 5.09. The van der Waals surface area contributed by atoms with Gasteiger partial charge >= 0.3 is 0 Å². The highest BCUT2D eigenvalue weighted by Crippen LogP contribution is 2.28. The molecule has 10 heteroatoms. The van der Waals surface area contributed by atoms with Crippen molar-refractivity contribution in [1.82, 2.24) is 9.97 Å². The highest BCUT2D eigenvalue weighted by molar-refractivity contribution is 9.10. The Morgan fingerprint density at radius 1 is 1.15 bits per heavy atom. The molecule has 2 N–H and O–H groups in total. The predicted octanol–water partition coefficient (Wildman–Crippen LogP) is 3.92. The lowest BCUT2D eigenvalue weighted by molar-refractivity contribution is 0.458. The molecule has 0 spiro atoms. The number of sulfonamides is 1. The summed E-state index contributed by atoms with van der Waals surface area (Å²) in [6.07, 6.45) is 2.50. The van der Waals surface area contributed by atoms with Crippen LogP contribution in [0.3, 0.4) is 0 Å². The molecule has 140 valence electrons. The minimum Gasteiger partial charge on any atom is -0.438 e. The normalized spacial score (nSPS) is 11.2. The Hall–Kier alpha value is -2.36. The van der Waals surface area contributed by atoms with Crippen LogP contribution in [0.1, 0.15) is 5.69 Å². The van der Waals surface area contributed by atoms with Crippen molar-refractivity contribution in [2.45, 2.75) is 5.75 Å². The van der Waals surface area contributed by atoms with Gasteiger partial charge in [-0.2, -0.15) is 0 Å². The highest BCUT2D eigenvalue weighted by atomic mass is 79.9. The third-order valence-electron chi connectivity index (χ3n) is 3.33. The Balaban J connectivity index is 1.81. The molecular weight excluding hydrogens is 458 g/mol. The molecule has 0 aliphatic carbocycles. The Labute approximate surface area is 168 Å². The van der Waals surface area contributed by atoms with Gasteiger partial charge in [-0.05, 0) is 40.2 Å². The number of ether oxygens (including phenoxy) is 1. The summed E-state index contributed by atoms with van der Waals surface area (Å²) in [5.41, 5.74) is -0.536. The second-order valence-electron chi connectivity index (χ2n) is 5.41. The van der Waals surface area contributed by atoms with Gasteiger partial charge in [0.25, 0.3) is 0 Å². The minimum absolute atomic E-state index is 0.115. The predicted molar refractivity (Wildman–Crippen MR) is 107 cm³/mol. The van der Waals surface area contributed by atoms with Crippen molar-refractivity contribution in [3.8, 4) is 11.6 Å². The number of hydrogen-bond acceptors (Lipinski definition) is 5. The number of hydrogen-bond donors (Lipinski definition) is 2. The van der Waals surface area contributed by atoms with E-state index < -0.39 is 21.2 Å². The molecule has 2 heterocycles. The monoisotopic (exact) mass is 469 g/mol. The number of pyridine rings is 2. The van der Waals surface area contributed by atoms with Crippen LogP contribution in [-0.4, -0.2) is 18.4 Å². The first-order chi connectivity index (χ1) is 12.8. The standard InChI is InChI=1S/C17H13BrClN3O4S/c18-13-7-6-11(21-17(13)26-12-4-2-1-3-5-12)10-27(24,25)22-15-9-20-8-14(19)16(15)23/h1-9,22H,10H2,(H,20,23). The van der Waals surface area contributed by atoms with Gasteiger partial charge in [0.1, 0.15) is 22.2 Å². The van der Waals surface area contributed by atoms with E-state index in [1.807, 2.05) is 18.2 Å². The quantitative estimate of drug-likeness (QED) is 0.568. The van der Waals surface area contributed by atoms with E-state index in [1.165, 1.54) is 12.4 Å². The van der Waals surface area contributed by atoms with E-state index in [4.69, 9.17) is 16.3 Å². The van der Waals surface area contributed by atoms with Crippen LogP contribution in [0, 0.1) is 0 Å². The minimum atomic E-state index is -3.89. The lowest BCUT2D eigenvalue weighted by Gasteiger charge is -2.10. The maximum atomic E-state index is 12.4. The summed E-state index contributed by atoms with van der Waals surface area (Å²) in [5, 5.41) is -0.115. The number of aromatic nitrogens is 2. The average Bonchev–Trinajstić information content (AvgIpc) is 2.62. The fourth-order valence-corrected chi connectivity index (χ4v) is 3.72. The van der Waals surface area contributed by atoms with Crippen molar-refractivity contribution < 1.29 is 13.2 Å². The van der Waals surface area contributed by atoms with Crippen molar-refractivity contribution in [1.29, 1.82) is 0 Å². The summed E-state index contributed by atoms with van der Waals surface area (Å²) in [6, 6.07) is 12.2. The lowest BCUT2D eigenvalue weighted by atomic mass is 10.3. The molecule has 0 saturated carbocycles. The number of benzene rings is 1. The van der Waals surface area contributed by atoms with Crippen LogP contribution < -0.4 is 14.9 Å². The first-order valence-corrected chi connectivity index (χ1v) is 10.4. The summed E-state index contributed by atoms with van der Waals surface area (Å²) in [6.45, 7) is 0. The molecular formula is C17H13BrClN3O4S. The van der Waals surface area contributed by atoms with Gasteiger partial charge in [-0.15, -0.1) is 0 Å². The molecule has 0 bridgehead atoms. The molecule has 0 amide bonds. The molecule has 3 rings (SSSR count). The largest absolute Gasteiger partial charge is 0.438 e. The molecule has 0 radical (unpaired) electrons. The number of H-pyrrole nitrogens is 1. The van der Waals surface area contributed by atoms with E-state index in [1.54, 1.807) is 24.3 Å². The van der Waals surface area contributed by atoms with Gasteiger partial charge in [0.05, 0.1) is 10.2 Å². The second-order valence-corrected chi connectivity index (χ2v) is 8.40. The SMILES string of the molecule is O=c1c(Cl)c[nH]cc1NS(=O)(=O)Cc1ccc(Br)c(Oc2ccccc2)n1. The average molecular weight is 471 g/mol. The smallest absolute Gasteiger partial charge is 0.238 e. The van der Waals surface area contributed by atoms with Crippen molar-refractivity contribution in [3.63, 3.8) is 0 Å². The molecule has 0 fully saturated rings. The Bertz CT molecular complexity index is 1120. The van der Waals surface area contributed by atoms with Gasteiger partial charge in [0.15, 0.2) is 0 Å². The zero-order valence-corrected chi connectivity index (χ0v) is 16.8. The van der Waals surface area contributed by atoms with Crippen molar-refractivity contribution in [2.24, 2.45) is 0 Å². The van der Waals surface area contributed by atoms with Gasteiger partial charge in [-0.1, -0.05) is 29.8 Å². The molecule has 0 saturated heterocycles. The summed E-state index contributed by atoms with van der Waals surface area (Å²) < 4.78 is 33.2. The van der Waals surface area contributed by atoms with E-state index in [0.29, 0.717) is 10.2 Å². The number of nitrogens with zero attached hydrogens (tertiary/aromatic N) is 1. The Morgan fingerprint density at radius 3 is 2.63 bits per heavy atom. The first kappa shape index (κ1) is 19.4. The summed E-state index contributed by atoms with van der Waals surface area (Å²) >= 11 is 9.03. The summed E-state index contributed by atoms with van der Waals surface area (Å²) in [4.78, 5) is 18.7. The molecule has 1 aromatic carbocycles. The van der Waals surface area contributed by atoms with E-state index in [-0.39, 0.29) is 22.3 Å². The summed E-state index contributed by atoms with van der Waals surface area (Å²) in [7, 11) is -3.89. The van der Waals surface area contributed by atoms with E-state index in [0.717, 1.165) is 0 Å². The summed E-state index contributed by atoms with van der Waals surface area (Å²) in [5.74, 6) is 0.348. The van der Waals surface area contributed by atoms with E-state index in [2.05, 4.69) is 30.6 Å². The van der Waals surface area contributed by atoms with Crippen molar-refractivity contribution in [3.05, 3.63) is 80.3 Å². The van der Waals surface area contributed by atoms with E-state index in [9.17, 15) is 13.2 Å². The number of anilines is 1. The second kappa shape index (κ2) is 8.12. The third-order valence-corrected chi connectivity index (χ3v) is 5.42. The van der Waals surface area contributed by atoms with Crippen LogP contribution >= 0.6 is 27.5 Å². The van der Waals surface area contributed by atoms with Crippen LogP contribution in [0.25, 0.3) is 0 Å². The molecule has 27 heavy (non-hydrogen) atoms. The number of aromatic amines is 1. The van der Waals surface area contributed by atoms with Crippen LogP contribution in [-0.2, 0) is 15.8 Å². The molecule has 2 aromatic heterocycles. The molecule has 0 atom stereocenters. The first-order valence-electron chi connectivity index (χ1n) is 7.59. The number of rotatable bonds is 6.